The predicted octanol–water partition coefficient (Wildman–Crippen LogP) is 5.30. The fraction of sp³-hybridized carbons (Fsp3) is 0.857. The molecule has 1 N–H and O–H groups in total. The first-order valence-corrected chi connectivity index (χ1v) is 10.2. The molecule has 28 heavy (non-hydrogen) atoms. The minimum absolute atomic E-state index is 0.00663. The number of ketones is 1. The number of rotatable bonds is 1. The summed E-state index contributed by atoms with van der Waals surface area (Å²) >= 11 is 0. The van der Waals surface area contributed by atoms with Gasteiger partial charge in [0.2, 0.25) is 0 Å². The molecule has 7 atom stereocenters. The van der Waals surface area contributed by atoms with Crippen LogP contribution in [0.4, 0.5) is 22.0 Å². The molecule has 0 aromatic rings. The summed E-state index contributed by atoms with van der Waals surface area (Å²) in [6, 6.07) is 0. The molecule has 0 saturated heterocycles. The molecule has 0 aromatic heterocycles. The fourth-order valence-electron chi connectivity index (χ4n) is 7.36. The second-order valence-electron chi connectivity index (χ2n) is 9.79. The molecule has 0 amide bonds. The molecule has 0 spiro atoms. The van der Waals surface area contributed by atoms with Crippen LogP contribution < -0.4 is 0 Å². The maximum atomic E-state index is 14.4. The van der Waals surface area contributed by atoms with Crippen molar-refractivity contribution in [1.29, 1.82) is 0 Å². The van der Waals surface area contributed by atoms with Gasteiger partial charge in [0.15, 0.2) is 5.78 Å². The molecule has 7 heteroatoms. The summed E-state index contributed by atoms with van der Waals surface area (Å²) in [7, 11) is 0. The van der Waals surface area contributed by atoms with Gasteiger partial charge >= 0.3 is 12.1 Å². The number of fused-ring (bicyclic) bond motifs is 5. The molecule has 0 radical (unpaired) electrons. The molecule has 0 heterocycles. The van der Waals surface area contributed by atoms with Gasteiger partial charge in [-0.05, 0) is 74.2 Å². The van der Waals surface area contributed by atoms with Gasteiger partial charge in [-0.2, -0.15) is 22.0 Å². The molecule has 0 aliphatic heterocycles. The van der Waals surface area contributed by atoms with E-state index in [0.29, 0.717) is 19.3 Å². The molecule has 4 rings (SSSR count). The zero-order valence-corrected chi connectivity index (χ0v) is 16.2. The molecular weight excluding hydrogens is 379 g/mol. The number of aliphatic hydroxyl groups is 1. The summed E-state index contributed by atoms with van der Waals surface area (Å²) in [4.78, 5) is 11.8. The summed E-state index contributed by atoms with van der Waals surface area (Å²) in [5.41, 5.74) is -3.40. The molecule has 3 saturated carbocycles. The van der Waals surface area contributed by atoms with E-state index in [1.807, 2.05) is 6.92 Å². The first-order chi connectivity index (χ1) is 12.8. The van der Waals surface area contributed by atoms with Gasteiger partial charge in [0.1, 0.15) is 5.60 Å². The maximum Gasteiger partial charge on any atom is 0.456 e. The van der Waals surface area contributed by atoms with Crippen molar-refractivity contribution in [3.63, 3.8) is 0 Å². The zero-order valence-electron chi connectivity index (χ0n) is 16.2. The van der Waals surface area contributed by atoms with Gasteiger partial charge in [-0.15, -0.1) is 0 Å². The number of allylic oxidation sites excluding steroid dienone is 1. The Balaban J connectivity index is 1.70. The van der Waals surface area contributed by atoms with Gasteiger partial charge in [0.25, 0.3) is 0 Å². The zero-order chi connectivity index (χ0) is 20.7. The molecular formula is C21H27F5O2. The molecule has 4 unspecified atom stereocenters. The number of carbonyl (C=O) groups excluding carboxylic acids is 1. The van der Waals surface area contributed by atoms with Crippen LogP contribution in [0.15, 0.2) is 11.6 Å². The number of hydrogen-bond donors (Lipinski definition) is 1. The lowest BCUT2D eigenvalue weighted by Gasteiger charge is -2.58. The van der Waals surface area contributed by atoms with Crippen LogP contribution in [-0.2, 0) is 4.79 Å². The Morgan fingerprint density at radius 2 is 1.79 bits per heavy atom. The Bertz CT molecular complexity index is 714. The summed E-state index contributed by atoms with van der Waals surface area (Å²) in [5.74, 6) is -4.84. The topological polar surface area (TPSA) is 37.3 Å². The minimum Gasteiger partial charge on any atom is -0.383 e. The van der Waals surface area contributed by atoms with Crippen LogP contribution in [0.5, 0.6) is 0 Å². The molecule has 4 aliphatic rings. The van der Waals surface area contributed by atoms with E-state index < -0.39 is 29.5 Å². The summed E-state index contributed by atoms with van der Waals surface area (Å²) in [6.07, 6.45) is -1.78. The predicted molar refractivity (Wildman–Crippen MR) is 92.6 cm³/mol. The van der Waals surface area contributed by atoms with Crippen molar-refractivity contribution in [2.45, 2.75) is 76.5 Å². The van der Waals surface area contributed by atoms with Crippen LogP contribution in [0.3, 0.4) is 0 Å². The summed E-state index contributed by atoms with van der Waals surface area (Å²) in [5, 5.41) is 10.8. The smallest absolute Gasteiger partial charge is 0.383 e. The lowest BCUT2D eigenvalue weighted by Crippen LogP contribution is -2.65. The number of hydrogen-bond acceptors (Lipinski definition) is 2. The highest BCUT2D eigenvalue weighted by Gasteiger charge is 2.79. The molecule has 2 nitrogen and oxygen atoms in total. The van der Waals surface area contributed by atoms with Gasteiger partial charge in [0, 0.05) is 11.8 Å². The Kier molecular flexibility index (Phi) is 4.36. The Morgan fingerprint density at radius 1 is 1.11 bits per heavy atom. The van der Waals surface area contributed by atoms with E-state index in [2.05, 4.69) is 0 Å². The highest BCUT2D eigenvalue weighted by atomic mass is 19.4. The minimum atomic E-state index is -5.77. The lowest BCUT2D eigenvalue weighted by molar-refractivity contribution is -0.363. The van der Waals surface area contributed by atoms with Crippen LogP contribution in [0.25, 0.3) is 0 Å². The van der Waals surface area contributed by atoms with Crippen LogP contribution in [0.2, 0.25) is 0 Å². The van der Waals surface area contributed by atoms with Crippen molar-refractivity contribution in [1.82, 2.24) is 0 Å². The van der Waals surface area contributed by atoms with E-state index in [0.717, 1.165) is 12.0 Å². The Labute approximate surface area is 161 Å². The molecule has 158 valence electrons. The highest BCUT2D eigenvalue weighted by molar-refractivity contribution is 5.91. The third kappa shape index (κ3) is 2.43. The molecule has 0 aromatic carbocycles. The third-order valence-electron chi connectivity index (χ3n) is 8.67. The number of carbonyl (C=O) groups is 1. The van der Waals surface area contributed by atoms with E-state index in [4.69, 9.17) is 0 Å². The molecule has 3 fully saturated rings. The Morgan fingerprint density at radius 3 is 2.43 bits per heavy atom. The van der Waals surface area contributed by atoms with Crippen molar-refractivity contribution < 1.29 is 31.9 Å². The highest BCUT2D eigenvalue weighted by Crippen LogP contribution is 2.69. The first-order valence-electron chi connectivity index (χ1n) is 10.2. The Hall–Kier alpha value is -0.980. The quantitative estimate of drug-likeness (QED) is 0.600. The van der Waals surface area contributed by atoms with E-state index in [1.54, 1.807) is 6.08 Å². The van der Waals surface area contributed by atoms with Gasteiger partial charge in [-0.1, -0.05) is 19.4 Å². The average Bonchev–Trinajstić information content (AvgIpc) is 2.86. The van der Waals surface area contributed by atoms with Crippen molar-refractivity contribution in [2.75, 3.05) is 0 Å². The van der Waals surface area contributed by atoms with Crippen LogP contribution in [0.1, 0.15) is 58.8 Å². The molecule has 0 bridgehead atoms. The SMILES string of the molecule is C[C@H]1CC2=CC(=O)CCC2C2CC[C@@]3(C)C(CC[C@@]3(O)C(F)(F)C(F)(F)F)C21. The van der Waals surface area contributed by atoms with E-state index >= 15 is 0 Å². The van der Waals surface area contributed by atoms with Crippen molar-refractivity contribution in [3.8, 4) is 0 Å². The van der Waals surface area contributed by atoms with Crippen molar-refractivity contribution in [3.05, 3.63) is 11.6 Å². The summed E-state index contributed by atoms with van der Waals surface area (Å²) in [6.45, 7) is 3.46. The van der Waals surface area contributed by atoms with E-state index in [9.17, 15) is 31.9 Å². The van der Waals surface area contributed by atoms with Gasteiger partial charge in [-0.25, -0.2) is 0 Å². The van der Waals surface area contributed by atoms with Gasteiger partial charge in [-0.3, -0.25) is 4.79 Å². The number of halogens is 5. The van der Waals surface area contributed by atoms with Crippen molar-refractivity contribution in [2.24, 2.45) is 35.0 Å². The lowest BCUT2D eigenvalue weighted by atomic mass is 9.48. The number of alkyl halides is 5. The van der Waals surface area contributed by atoms with Crippen LogP contribution in [-0.4, -0.2) is 28.6 Å². The van der Waals surface area contributed by atoms with Gasteiger partial charge < -0.3 is 5.11 Å². The maximum absolute atomic E-state index is 14.4. The third-order valence-corrected chi connectivity index (χ3v) is 8.67. The van der Waals surface area contributed by atoms with Gasteiger partial charge in [0.05, 0.1) is 0 Å². The van der Waals surface area contributed by atoms with E-state index in [-0.39, 0.29) is 48.2 Å². The molecule has 4 aliphatic carbocycles. The standard InChI is InChI=1S/C21H27F5O2/c1-11-9-12-10-13(27)3-4-14(12)15-5-7-18(2)16(17(11)15)6-8-19(18,28)20(22,23)21(24,25)26/h10-11,14-17,28H,3-9H2,1-2H3/t11-,14?,15?,16?,17?,18-,19-/m0/s1. The average molecular weight is 406 g/mol. The van der Waals surface area contributed by atoms with Crippen molar-refractivity contribution >= 4 is 5.78 Å². The first kappa shape index (κ1) is 20.3. The second-order valence-corrected chi connectivity index (χ2v) is 9.79. The largest absolute Gasteiger partial charge is 0.456 e. The van der Waals surface area contributed by atoms with E-state index in [1.165, 1.54) is 6.92 Å². The van der Waals surface area contributed by atoms with Crippen LogP contribution in [0, 0.1) is 35.0 Å². The second kappa shape index (κ2) is 6.02. The van der Waals surface area contributed by atoms with Crippen LogP contribution >= 0.6 is 0 Å². The monoisotopic (exact) mass is 406 g/mol. The fourth-order valence-corrected chi connectivity index (χ4v) is 7.36. The normalized spacial score (nSPS) is 46.5. The summed E-state index contributed by atoms with van der Waals surface area (Å²) < 4.78 is 68.4.